The molecule has 1 aliphatic rings. The van der Waals surface area contributed by atoms with Crippen molar-refractivity contribution in [2.45, 2.75) is 26.3 Å². The molecule has 2 aromatic rings. The number of carbonyl (C=O) groups excluding carboxylic acids is 1. The van der Waals surface area contributed by atoms with Crippen LogP contribution in [0.25, 0.3) is 11.1 Å². The van der Waals surface area contributed by atoms with E-state index in [2.05, 4.69) is 46.6 Å². The topological polar surface area (TPSA) is 76.2 Å². The Hall–Kier alpha value is -2.18. The molecule has 2 heterocycles. The van der Waals surface area contributed by atoms with E-state index < -0.39 is 0 Å². The minimum Gasteiger partial charge on any atom is -0.355 e. The van der Waals surface area contributed by atoms with Crippen LogP contribution in [0.3, 0.4) is 0 Å². The molecular weight excluding hydrogens is 326 g/mol. The van der Waals surface area contributed by atoms with Crippen molar-refractivity contribution in [1.82, 2.24) is 20.0 Å². The van der Waals surface area contributed by atoms with Crippen LogP contribution in [0.2, 0.25) is 0 Å². The Morgan fingerprint density at radius 2 is 2.27 bits per heavy atom. The Labute approximate surface area is 155 Å². The van der Waals surface area contributed by atoms with Crippen LogP contribution >= 0.6 is 0 Å². The number of hydrogen-bond donors (Lipinski definition) is 2. The predicted molar refractivity (Wildman–Crippen MR) is 103 cm³/mol. The monoisotopic (exact) mass is 355 g/mol. The highest BCUT2D eigenvalue weighted by molar-refractivity contribution is 5.79. The second-order valence-corrected chi connectivity index (χ2v) is 7.22. The molecular formula is C20H29N5O. The predicted octanol–water partition coefficient (Wildman–Crippen LogP) is 1.68. The smallest absolute Gasteiger partial charge is 0.224 e. The van der Waals surface area contributed by atoms with Crippen molar-refractivity contribution in [3.05, 3.63) is 41.7 Å². The fourth-order valence-electron chi connectivity index (χ4n) is 3.65. The first-order chi connectivity index (χ1) is 12.6. The third kappa shape index (κ3) is 4.51. The summed E-state index contributed by atoms with van der Waals surface area (Å²) in [5.41, 5.74) is 10.4. The fraction of sp³-hybridized carbons (Fsp3) is 0.500. The van der Waals surface area contributed by atoms with Gasteiger partial charge in [0.2, 0.25) is 5.91 Å². The van der Waals surface area contributed by atoms with Crippen molar-refractivity contribution in [3.8, 4) is 11.1 Å². The minimum atomic E-state index is 0.0580. The summed E-state index contributed by atoms with van der Waals surface area (Å²) in [4.78, 5) is 14.7. The van der Waals surface area contributed by atoms with Gasteiger partial charge in [0, 0.05) is 45.0 Å². The lowest BCUT2D eigenvalue weighted by molar-refractivity contribution is -0.126. The maximum atomic E-state index is 12.3. The van der Waals surface area contributed by atoms with Crippen LogP contribution in [0.15, 0.2) is 30.6 Å². The van der Waals surface area contributed by atoms with Gasteiger partial charge in [0.05, 0.1) is 12.1 Å². The number of aromatic nitrogens is 2. The second kappa shape index (κ2) is 8.47. The minimum absolute atomic E-state index is 0.0580. The van der Waals surface area contributed by atoms with Gasteiger partial charge in [-0.25, -0.2) is 0 Å². The van der Waals surface area contributed by atoms with Crippen molar-refractivity contribution < 1.29 is 4.79 Å². The first-order valence-corrected chi connectivity index (χ1v) is 9.35. The summed E-state index contributed by atoms with van der Waals surface area (Å²) in [5.74, 6) is 0.194. The SMILES string of the molecule is Cc1ccc(CN2CCCC(C(=O)NCCN)C2)c(-c2cnn(C)c2)c1. The molecule has 1 aliphatic heterocycles. The van der Waals surface area contributed by atoms with Crippen LogP contribution in [0.5, 0.6) is 0 Å². The van der Waals surface area contributed by atoms with E-state index in [0.29, 0.717) is 13.1 Å². The highest BCUT2D eigenvalue weighted by Gasteiger charge is 2.26. The van der Waals surface area contributed by atoms with Crippen LogP contribution < -0.4 is 11.1 Å². The Balaban J connectivity index is 1.73. The van der Waals surface area contributed by atoms with E-state index in [1.807, 2.05) is 17.9 Å². The van der Waals surface area contributed by atoms with Gasteiger partial charge in [-0.05, 0) is 37.4 Å². The second-order valence-electron chi connectivity index (χ2n) is 7.22. The molecule has 6 heteroatoms. The van der Waals surface area contributed by atoms with Crippen LogP contribution in [0.4, 0.5) is 0 Å². The molecule has 0 spiro atoms. The van der Waals surface area contributed by atoms with Crippen molar-refractivity contribution >= 4 is 5.91 Å². The average molecular weight is 355 g/mol. The highest BCUT2D eigenvalue weighted by atomic mass is 16.1. The zero-order chi connectivity index (χ0) is 18.5. The number of carbonyl (C=O) groups is 1. The molecule has 1 amide bonds. The summed E-state index contributed by atoms with van der Waals surface area (Å²) in [6, 6.07) is 6.59. The maximum absolute atomic E-state index is 12.3. The average Bonchev–Trinajstić information content (AvgIpc) is 3.07. The van der Waals surface area contributed by atoms with Gasteiger partial charge in [-0.1, -0.05) is 23.8 Å². The Morgan fingerprint density at radius 3 is 3.00 bits per heavy atom. The molecule has 3 rings (SSSR count). The zero-order valence-electron chi connectivity index (χ0n) is 15.7. The molecule has 3 N–H and O–H groups in total. The molecule has 6 nitrogen and oxygen atoms in total. The lowest BCUT2D eigenvalue weighted by Crippen LogP contribution is -2.43. The molecule has 1 saturated heterocycles. The molecule has 1 unspecified atom stereocenters. The van der Waals surface area contributed by atoms with Crippen LogP contribution in [0, 0.1) is 12.8 Å². The van der Waals surface area contributed by atoms with Crippen LogP contribution in [-0.2, 0) is 18.4 Å². The van der Waals surface area contributed by atoms with Gasteiger partial charge in [-0.15, -0.1) is 0 Å². The number of hydrogen-bond acceptors (Lipinski definition) is 4. The molecule has 0 aliphatic carbocycles. The molecule has 26 heavy (non-hydrogen) atoms. The lowest BCUT2D eigenvalue weighted by Gasteiger charge is -2.32. The quantitative estimate of drug-likeness (QED) is 0.827. The number of rotatable bonds is 6. The van der Waals surface area contributed by atoms with Crippen LogP contribution in [-0.4, -0.2) is 46.8 Å². The van der Waals surface area contributed by atoms with Gasteiger partial charge in [0.1, 0.15) is 0 Å². The third-order valence-electron chi connectivity index (χ3n) is 5.00. The van der Waals surface area contributed by atoms with Crippen molar-refractivity contribution in [2.24, 2.45) is 18.7 Å². The Bertz CT molecular complexity index is 754. The third-order valence-corrected chi connectivity index (χ3v) is 5.00. The molecule has 1 fully saturated rings. The molecule has 0 saturated carbocycles. The van der Waals surface area contributed by atoms with Crippen molar-refractivity contribution in [1.29, 1.82) is 0 Å². The van der Waals surface area contributed by atoms with Gasteiger partial charge in [0.15, 0.2) is 0 Å². The fourth-order valence-corrected chi connectivity index (χ4v) is 3.65. The number of aryl methyl sites for hydroxylation is 2. The summed E-state index contributed by atoms with van der Waals surface area (Å²) < 4.78 is 1.83. The normalized spacial score (nSPS) is 18.0. The summed E-state index contributed by atoms with van der Waals surface area (Å²) in [6.45, 7) is 5.84. The van der Waals surface area contributed by atoms with E-state index in [1.54, 1.807) is 0 Å². The first kappa shape index (κ1) is 18.6. The number of nitrogens with one attached hydrogen (secondary N) is 1. The van der Waals surface area contributed by atoms with E-state index >= 15 is 0 Å². The zero-order valence-corrected chi connectivity index (χ0v) is 15.7. The number of piperidine rings is 1. The maximum Gasteiger partial charge on any atom is 0.224 e. The number of likely N-dealkylation sites (tertiary alicyclic amines) is 1. The molecule has 140 valence electrons. The van der Waals surface area contributed by atoms with Gasteiger partial charge < -0.3 is 11.1 Å². The van der Waals surface area contributed by atoms with Crippen LogP contribution in [0.1, 0.15) is 24.0 Å². The van der Waals surface area contributed by atoms with E-state index in [0.717, 1.165) is 38.0 Å². The summed E-state index contributed by atoms with van der Waals surface area (Å²) in [5, 5.41) is 7.25. The number of amides is 1. The van der Waals surface area contributed by atoms with Crippen molar-refractivity contribution in [2.75, 3.05) is 26.2 Å². The highest BCUT2D eigenvalue weighted by Crippen LogP contribution is 2.27. The number of nitrogens with two attached hydrogens (primary N) is 1. The number of nitrogens with zero attached hydrogens (tertiary/aromatic N) is 3. The standard InChI is InChI=1S/C20H29N5O/c1-15-5-6-16(19(10-15)18-11-23-24(2)12-18)13-25-9-3-4-17(14-25)20(26)22-8-7-21/h5-6,10-12,17H,3-4,7-9,13-14,21H2,1-2H3,(H,22,26). The first-order valence-electron chi connectivity index (χ1n) is 9.35. The van der Waals surface area contributed by atoms with Crippen molar-refractivity contribution in [3.63, 3.8) is 0 Å². The van der Waals surface area contributed by atoms with Gasteiger partial charge >= 0.3 is 0 Å². The Morgan fingerprint density at radius 1 is 1.42 bits per heavy atom. The van der Waals surface area contributed by atoms with E-state index in [9.17, 15) is 4.79 Å². The molecule has 1 aromatic carbocycles. The van der Waals surface area contributed by atoms with E-state index in [-0.39, 0.29) is 11.8 Å². The number of benzene rings is 1. The summed E-state index contributed by atoms with van der Waals surface area (Å²) >= 11 is 0. The largest absolute Gasteiger partial charge is 0.355 e. The molecule has 0 bridgehead atoms. The molecule has 0 radical (unpaired) electrons. The van der Waals surface area contributed by atoms with Gasteiger partial charge in [-0.3, -0.25) is 14.4 Å². The summed E-state index contributed by atoms with van der Waals surface area (Å²) in [6.07, 6.45) is 5.97. The van der Waals surface area contributed by atoms with Gasteiger partial charge in [-0.2, -0.15) is 5.10 Å². The van der Waals surface area contributed by atoms with Gasteiger partial charge in [0.25, 0.3) is 0 Å². The lowest BCUT2D eigenvalue weighted by atomic mass is 9.95. The molecule has 1 aromatic heterocycles. The molecule has 1 atom stereocenters. The summed E-state index contributed by atoms with van der Waals surface area (Å²) in [7, 11) is 1.94. The van der Waals surface area contributed by atoms with E-state index in [4.69, 9.17) is 5.73 Å². The van der Waals surface area contributed by atoms with E-state index in [1.165, 1.54) is 16.7 Å². The Kier molecular flexibility index (Phi) is 6.06.